The van der Waals surface area contributed by atoms with Gasteiger partial charge in [0, 0.05) is 24.2 Å². The van der Waals surface area contributed by atoms with Crippen molar-refractivity contribution in [1.82, 2.24) is 20.1 Å². The zero-order valence-corrected chi connectivity index (χ0v) is 16.9. The summed E-state index contributed by atoms with van der Waals surface area (Å²) in [5.74, 6) is -0.0953. The molecule has 1 N–H and O–H groups in total. The second-order valence-electron chi connectivity index (χ2n) is 7.22. The van der Waals surface area contributed by atoms with Crippen LogP contribution in [0.5, 0.6) is 0 Å². The Morgan fingerprint density at radius 3 is 2.52 bits per heavy atom. The molecule has 5 nitrogen and oxygen atoms in total. The van der Waals surface area contributed by atoms with E-state index in [1.54, 1.807) is 4.68 Å². The monoisotopic (exact) mass is 384 g/mol. The summed E-state index contributed by atoms with van der Waals surface area (Å²) in [7, 11) is 1.89. The van der Waals surface area contributed by atoms with Gasteiger partial charge >= 0.3 is 0 Å². The molecule has 1 unspecified atom stereocenters. The van der Waals surface area contributed by atoms with Crippen LogP contribution in [0.1, 0.15) is 41.0 Å². The fourth-order valence-electron chi connectivity index (χ4n) is 3.69. The van der Waals surface area contributed by atoms with Crippen molar-refractivity contribution in [2.45, 2.75) is 26.3 Å². The predicted molar refractivity (Wildman–Crippen MR) is 116 cm³/mol. The van der Waals surface area contributed by atoms with E-state index in [0.29, 0.717) is 5.56 Å². The Morgan fingerprint density at radius 2 is 1.83 bits per heavy atom. The van der Waals surface area contributed by atoms with Crippen molar-refractivity contribution >= 4 is 16.8 Å². The van der Waals surface area contributed by atoms with E-state index in [2.05, 4.69) is 17.3 Å². The van der Waals surface area contributed by atoms with Gasteiger partial charge in [-0.2, -0.15) is 5.10 Å². The van der Waals surface area contributed by atoms with Crippen LogP contribution in [0.2, 0.25) is 0 Å². The Hall–Kier alpha value is -3.47. The van der Waals surface area contributed by atoms with Crippen molar-refractivity contribution in [1.29, 1.82) is 0 Å². The second-order valence-corrected chi connectivity index (χ2v) is 7.22. The number of carbonyl (C=O) groups is 1. The molecule has 0 radical (unpaired) electrons. The van der Waals surface area contributed by atoms with Crippen LogP contribution >= 0.6 is 0 Å². The molecule has 0 spiro atoms. The van der Waals surface area contributed by atoms with Crippen LogP contribution in [0.25, 0.3) is 22.2 Å². The number of rotatable bonds is 5. The van der Waals surface area contributed by atoms with Crippen LogP contribution in [0.15, 0.2) is 66.9 Å². The third-order valence-electron chi connectivity index (χ3n) is 5.17. The highest BCUT2D eigenvalue weighted by atomic mass is 16.1. The van der Waals surface area contributed by atoms with Gasteiger partial charge in [0.1, 0.15) is 0 Å². The van der Waals surface area contributed by atoms with Gasteiger partial charge in [0.25, 0.3) is 5.91 Å². The molecule has 0 saturated carbocycles. The minimum atomic E-state index is -0.0953. The number of pyridine rings is 1. The molecule has 5 heteroatoms. The van der Waals surface area contributed by atoms with Crippen molar-refractivity contribution in [3.05, 3.63) is 83.7 Å². The van der Waals surface area contributed by atoms with E-state index in [9.17, 15) is 4.79 Å². The Balaban J connectivity index is 1.77. The highest BCUT2D eigenvalue weighted by Crippen LogP contribution is 2.27. The van der Waals surface area contributed by atoms with E-state index >= 15 is 0 Å². The highest BCUT2D eigenvalue weighted by Gasteiger charge is 2.19. The molecule has 0 fully saturated rings. The SMILES string of the molecule is CCC(NC(=O)c1cc(-c2cn(C)nc2C)nc2ccccc12)c1ccccc1. The predicted octanol–water partition coefficient (Wildman–Crippen LogP) is 4.82. The van der Waals surface area contributed by atoms with E-state index in [1.165, 1.54) is 0 Å². The molecule has 146 valence electrons. The average Bonchev–Trinajstić information content (AvgIpc) is 3.09. The van der Waals surface area contributed by atoms with Gasteiger partial charge in [-0.25, -0.2) is 4.98 Å². The molecular formula is C24H24N4O. The second kappa shape index (κ2) is 7.87. The van der Waals surface area contributed by atoms with Gasteiger partial charge in [-0.1, -0.05) is 55.5 Å². The Kier molecular flexibility index (Phi) is 5.12. The lowest BCUT2D eigenvalue weighted by atomic mass is 10.0. The maximum atomic E-state index is 13.3. The third kappa shape index (κ3) is 3.76. The fourth-order valence-corrected chi connectivity index (χ4v) is 3.69. The summed E-state index contributed by atoms with van der Waals surface area (Å²) in [6.07, 6.45) is 2.75. The number of hydrogen-bond donors (Lipinski definition) is 1. The van der Waals surface area contributed by atoms with Gasteiger partial charge in [-0.05, 0) is 31.0 Å². The highest BCUT2D eigenvalue weighted by molar-refractivity contribution is 6.07. The molecule has 29 heavy (non-hydrogen) atoms. The van der Waals surface area contributed by atoms with Crippen LogP contribution in [0.3, 0.4) is 0 Å². The first-order valence-electron chi connectivity index (χ1n) is 9.83. The third-order valence-corrected chi connectivity index (χ3v) is 5.17. The van der Waals surface area contributed by atoms with Crippen LogP contribution in [-0.2, 0) is 7.05 Å². The number of fused-ring (bicyclic) bond motifs is 1. The van der Waals surface area contributed by atoms with Gasteiger partial charge in [-0.15, -0.1) is 0 Å². The molecule has 1 atom stereocenters. The Morgan fingerprint density at radius 1 is 1.10 bits per heavy atom. The summed E-state index contributed by atoms with van der Waals surface area (Å²) in [5.41, 5.74) is 5.10. The first kappa shape index (κ1) is 18.9. The quantitative estimate of drug-likeness (QED) is 0.536. The molecule has 0 saturated heterocycles. The molecule has 1 amide bonds. The number of carbonyl (C=O) groups excluding carboxylic acids is 1. The number of aryl methyl sites for hydroxylation is 2. The number of benzene rings is 2. The summed E-state index contributed by atoms with van der Waals surface area (Å²) in [6.45, 7) is 4.03. The van der Waals surface area contributed by atoms with E-state index in [1.807, 2.05) is 80.8 Å². The zero-order valence-electron chi connectivity index (χ0n) is 16.9. The standard InChI is InChI=1S/C24H24N4O/c1-4-21(17-10-6-5-7-11-17)26-24(29)19-14-23(20-15-28(3)27-16(20)2)25-22-13-9-8-12-18(19)22/h5-15,21H,4H2,1-3H3,(H,26,29). The number of hydrogen-bond acceptors (Lipinski definition) is 3. The number of aromatic nitrogens is 3. The molecule has 4 aromatic rings. The topological polar surface area (TPSA) is 59.8 Å². The van der Waals surface area contributed by atoms with Crippen LogP contribution in [0.4, 0.5) is 0 Å². The fraction of sp³-hybridized carbons (Fsp3) is 0.208. The number of nitrogens with one attached hydrogen (secondary N) is 1. The first-order chi connectivity index (χ1) is 14.1. The lowest BCUT2D eigenvalue weighted by molar-refractivity contribution is 0.0937. The maximum Gasteiger partial charge on any atom is 0.252 e. The average molecular weight is 384 g/mol. The van der Waals surface area contributed by atoms with Gasteiger partial charge < -0.3 is 5.32 Å². The number of nitrogens with zero attached hydrogens (tertiary/aromatic N) is 3. The van der Waals surface area contributed by atoms with Crippen molar-refractivity contribution < 1.29 is 4.79 Å². The molecule has 2 aromatic carbocycles. The molecule has 0 aliphatic heterocycles. The smallest absolute Gasteiger partial charge is 0.252 e. The van der Waals surface area contributed by atoms with E-state index in [0.717, 1.165) is 39.8 Å². The van der Waals surface area contributed by atoms with Crippen LogP contribution < -0.4 is 5.32 Å². The van der Waals surface area contributed by atoms with Gasteiger partial charge in [0.15, 0.2) is 0 Å². The van der Waals surface area contributed by atoms with Crippen molar-refractivity contribution in [2.24, 2.45) is 7.05 Å². The van der Waals surface area contributed by atoms with Crippen LogP contribution in [-0.4, -0.2) is 20.7 Å². The summed E-state index contributed by atoms with van der Waals surface area (Å²) in [5, 5.41) is 8.47. The van der Waals surface area contributed by atoms with Gasteiger partial charge in [0.05, 0.1) is 28.5 Å². The lowest BCUT2D eigenvalue weighted by Crippen LogP contribution is -2.28. The molecule has 2 aromatic heterocycles. The first-order valence-corrected chi connectivity index (χ1v) is 9.83. The Bertz CT molecular complexity index is 1160. The zero-order chi connectivity index (χ0) is 20.4. The summed E-state index contributed by atoms with van der Waals surface area (Å²) in [4.78, 5) is 18.1. The van der Waals surface area contributed by atoms with E-state index in [-0.39, 0.29) is 11.9 Å². The molecule has 0 aliphatic rings. The van der Waals surface area contributed by atoms with Crippen molar-refractivity contribution in [3.63, 3.8) is 0 Å². The van der Waals surface area contributed by atoms with Crippen molar-refractivity contribution in [2.75, 3.05) is 0 Å². The summed E-state index contributed by atoms with van der Waals surface area (Å²) < 4.78 is 1.77. The van der Waals surface area contributed by atoms with Gasteiger partial charge in [0.2, 0.25) is 0 Å². The number of para-hydroxylation sites is 1. The Labute approximate surface area is 170 Å². The number of amides is 1. The summed E-state index contributed by atoms with van der Waals surface area (Å²) >= 11 is 0. The molecule has 0 aliphatic carbocycles. The summed E-state index contributed by atoms with van der Waals surface area (Å²) in [6, 6.07) is 19.7. The van der Waals surface area contributed by atoms with Crippen LogP contribution in [0, 0.1) is 6.92 Å². The molecule has 4 rings (SSSR count). The minimum absolute atomic E-state index is 0.0424. The van der Waals surface area contributed by atoms with E-state index in [4.69, 9.17) is 4.98 Å². The normalized spacial score (nSPS) is 12.1. The molecular weight excluding hydrogens is 360 g/mol. The van der Waals surface area contributed by atoms with E-state index < -0.39 is 0 Å². The largest absolute Gasteiger partial charge is 0.345 e. The maximum absolute atomic E-state index is 13.3. The molecule has 2 heterocycles. The lowest BCUT2D eigenvalue weighted by Gasteiger charge is -2.18. The van der Waals surface area contributed by atoms with Gasteiger partial charge in [-0.3, -0.25) is 9.48 Å². The molecule has 0 bridgehead atoms. The van der Waals surface area contributed by atoms with Crippen molar-refractivity contribution in [3.8, 4) is 11.3 Å². The minimum Gasteiger partial charge on any atom is -0.345 e.